The van der Waals surface area contributed by atoms with Crippen molar-refractivity contribution < 1.29 is 9.53 Å². The van der Waals surface area contributed by atoms with Crippen molar-refractivity contribution in [1.29, 1.82) is 0 Å². The first-order valence-electron chi connectivity index (χ1n) is 24.2. The first kappa shape index (κ1) is 43.0. The van der Waals surface area contributed by atoms with E-state index in [4.69, 9.17) is 14.7 Å². The monoisotopic (exact) mass is 888 g/mol. The number of nitrogens with one attached hydrogen (secondary N) is 2. The summed E-state index contributed by atoms with van der Waals surface area (Å²) in [6.07, 6.45) is 3.72. The number of H-pyrrole nitrogens is 2. The Kier molecular flexibility index (Phi) is 11.1. The Bertz CT molecular complexity index is 3470. The molecule has 2 atom stereocenters. The van der Waals surface area contributed by atoms with E-state index in [0.717, 1.165) is 109 Å². The van der Waals surface area contributed by atoms with Gasteiger partial charge in [-0.25, -0.2) is 4.98 Å². The van der Waals surface area contributed by atoms with Crippen LogP contribution in [0.15, 0.2) is 146 Å². The standard InChI is InChI=1S/C62H56N4O2/c1-7-44-36(2)50-35-55-57(39(5)53(64-55)33-51-38(4)46(30-31-56(67)68-6)62(65-51)47-29-28-45-37(3)52(66-61(45)47)34-54(44)63-50)49-32-48(40-20-12-8-13-21-40)58(41-22-14-9-15-23-41)60(43-26-18-11-19-27-43)59(49)42-24-16-10-17-25-42/h8-27,32-35,38,46,64,66H,7,28-31H2,1-6H3/t38-,46-/m0/s1. The summed E-state index contributed by atoms with van der Waals surface area (Å²) >= 11 is 0. The molecular weight excluding hydrogens is 833 g/mol. The average molecular weight is 889 g/mol. The van der Waals surface area contributed by atoms with E-state index < -0.39 is 0 Å². The summed E-state index contributed by atoms with van der Waals surface area (Å²) < 4.78 is 5.18. The number of allylic oxidation sites excluding steroid dienone is 2. The van der Waals surface area contributed by atoms with Crippen molar-refractivity contribution in [2.75, 3.05) is 7.11 Å². The molecule has 1 aliphatic carbocycles. The van der Waals surface area contributed by atoms with Crippen LogP contribution in [0.2, 0.25) is 0 Å². The number of benzene rings is 5. The number of nitrogens with zero attached hydrogens (tertiary/aromatic N) is 2. The lowest BCUT2D eigenvalue weighted by Crippen LogP contribution is -2.08. The van der Waals surface area contributed by atoms with Crippen LogP contribution >= 0.6 is 0 Å². The highest BCUT2D eigenvalue weighted by atomic mass is 16.5. The lowest BCUT2D eigenvalue weighted by molar-refractivity contribution is -0.140. The molecule has 336 valence electrons. The number of hydrogen-bond donors (Lipinski definition) is 2. The van der Waals surface area contributed by atoms with E-state index in [2.05, 4.69) is 190 Å². The van der Waals surface area contributed by atoms with Gasteiger partial charge < -0.3 is 14.7 Å². The van der Waals surface area contributed by atoms with Gasteiger partial charge in [0.25, 0.3) is 0 Å². The van der Waals surface area contributed by atoms with E-state index in [1.54, 1.807) is 0 Å². The highest BCUT2D eigenvalue weighted by molar-refractivity contribution is 6.10. The summed E-state index contributed by atoms with van der Waals surface area (Å²) in [7, 11) is 1.48. The zero-order valence-corrected chi connectivity index (χ0v) is 39.8. The van der Waals surface area contributed by atoms with Gasteiger partial charge in [0.2, 0.25) is 0 Å². The Morgan fingerprint density at radius 3 is 1.78 bits per heavy atom. The number of aryl methyl sites for hydroxylation is 4. The maximum atomic E-state index is 12.7. The highest BCUT2D eigenvalue weighted by Gasteiger charge is 2.34. The van der Waals surface area contributed by atoms with Crippen LogP contribution < -0.4 is 0 Å². The van der Waals surface area contributed by atoms with Crippen LogP contribution in [0.5, 0.6) is 0 Å². The molecule has 0 unspecified atom stereocenters. The van der Waals surface area contributed by atoms with Crippen LogP contribution in [-0.4, -0.2) is 33.0 Å². The molecule has 11 rings (SSSR count). The van der Waals surface area contributed by atoms with Gasteiger partial charge in [-0.05, 0) is 154 Å². The first-order valence-corrected chi connectivity index (χ1v) is 24.2. The van der Waals surface area contributed by atoms with Crippen molar-refractivity contribution in [3.63, 3.8) is 0 Å². The van der Waals surface area contributed by atoms with Crippen LogP contribution in [0, 0.1) is 13.8 Å². The summed E-state index contributed by atoms with van der Waals surface area (Å²) in [5.74, 6) is -0.0722. The van der Waals surface area contributed by atoms with E-state index in [9.17, 15) is 4.79 Å². The van der Waals surface area contributed by atoms with Gasteiger partial charge >= 0.3 is 5.97 Å². The summed E-state index contributed by atoms with van der Waals surface area (Å²) in [6.45, 7) is 11.2. The van der Waals surface area contributed by atoms with Crippen molar-refractivity contribution in [3.05, 3.63) is 191 Å². The SMILES string of the molecule is CCC1=C(C)c2cc3[nH]c(cc4nc(c5c6[nH]c(cc1n2)c(C)c6CC5)[C@@H](CCC(=O)OC)[C@@H]4C)c(C)c3-c1cc(-c2ccccc2)c(-c2ccccc2)c(-c2ccccc2)c1-c1ccccc1. The van der Waals surface area contributed by atoms with Crippen molar-refractivity contribution >= 4 is 39.2 Å². The molecule has 3 aliphatic rings. The number of ether oxygens (including phenoxy) is 1. The topological polar surface area (TPSA) is 83.7 Å². The van der Waals surface area contributed by atoms with E-state index in [0.29, 0.717) is 12.8 Å². The second kappa shape index (κ2) is 17.6. The minimum Gasteiger partial charge on any atom is -0.469 e. The van der Waals surface area contributed by atoms with Crippen LogP contribution in [0.4, 0.5) is 0 Å². The predicted octanol–water partition coefficient (Wildman–Crippen LogP) is 15.5. The van der Waals surface area contributed by atoms with Crippen LogP contribution in [0.25, 0.3) is 88.8 Å². The Balaban J connectivity index is 1.31. The molecular formula is C62H56N4O2. The number of methoxy groups -OCH3 is 1. The van der Waals surface area contributed by atoms with Crippen LogP contribution in [-0.2, 0) is 22.4 Å². The highest BCUT2D eigenvalue weighted by Crippen LogP contribution is 2.52. The van der Waals surface area contributed by atoms with Gasteiger partial charge in [0.05, 0.1) is 18.5 Å². The summed E-state index contributed by atoms with van der Waals surface area (Å²) in [5.41, 5.74) is 27.3. The number of rotatable bonds is 9. The van der Waals surface area contributed by atoms with Gasteiger partial charge in [-0.15, -0.1) is 0 Å². The van der Waals surface area contributed by atoms with E-state index in [1.165, 1.54) is 51.6 Å². The van der Waals surface area contributed by atoms with E-state index in [-0.39, 0.29) is 17.8 Å². The van der Waals surface area contributed by atoms with E-state index >= 15 is 0 Å². The molecule has 8 bridgehead atoms. The fraction of sp³-hybridized carbons (Fsp3) is 0.210. The number of esters is 1. The quantitative estimate of drug-likeness (QED) is 0.141. The van der Waals surface area contributed by atoms with Crippen molar-refractivity contribution in [1.82, 2.24) is 19.9 Å². The predicted molar refractivity (Wildman–Crippen MR) is 280 cm³/mol. The molecule has 0 amide bonds. The molecule has 0 radical (unpaired) electrons. The third kappa shape index (κ3) is 7.30. The Morgan fingerprint density at radius 2 is 1.16 bits per heavy atom. The fourth-order valence-electron chi connectivity index (χ4n) is 11.4. The molecule has 5 aromatic carbocycles. The maximum Gasteiger partial charge on any atom is 0.305 e. The van der Waals surface area contributed by atoms with Crippen LogP contribution in [0.3, 0.4) is 0 Å². The number of hydrogen-bond acceptors (Lipinski definition) is 4. The third-order valence-corrected chi connectivity index (χ3v) is 15.0. The molecule has 68 heavy (non-hydrogen) atoms. The molecule has 0 saturated heterocycles. The lowest BCUT2D eigenvalue weighted by atomic mass is 9.78. The normalized spacial score (nSPS) is 15.3. The first-order chi connectivity index (χ1) is 33.2. The smallest absolute Gasteiger partial charge is 0.305 e. The lowest BCUT2D eigenvalue weighted by Gasteiger charge is -2.24. The van der Waals surface area contributed by atoms with Gasteiger partial charge in [-0.3, -0.25) is 9.78 Å². The molecule has 3 aromatic heterocycles. The van der Waals surface area contributed by atoms with Crippen molar-refractivity contribution in [2.45, 2.75) is 78.6 Å². The van der Waals surface area contributed by atoms with Gasteiger partial charge in [0.15, 0.2) is 0 Å². The number of carbonyl (C=O) groups excluding carboxylic acids is 1. The summed E-state index contributed by atoms with van der Waals surface area (Å²) in [4.78, 5) is 31.7. The minimum atomic E-state index is -0.192. The third-order valence-electron chi connectivity index (χ3n) is 15.0. The number of aromatic nitrogens is 4. The summed E-state index contributed by atoms with van der Waals surface area (Å²) in [5, 5.41) is 0. The van der Waals surface area contributed by atoms with Crippen molar-refractivity contribution in [2.24, 2.45) is 0 Å². The van der Waals surface area contributed by atoms with E-state index in [1.807, 2.05) is 0 Å². The molecule has 2 aliphatic heterocycles. The van der Waals surface area contributed by atoms with Gasteiger partial charge in [-0.1, -0.05) is 135 Å². The molecule has 5 heterocycles. The largest absolute Gasteiger partial charge is 0.469 e. The number of fused-ring (bicyclic) bond motifs is 8. The second-order valence-electron chi connectivity index (χ2n) is 18.7. The average Bonchev–Trinajstić information content (AvgIpc) is 4.16. The second-order valence-corrected chi connectivity index (χ2v) is 18.7. The molecule has 0 fully saturated rings. The molecule has 0 saturated carbocycles. The zero-order chi connectivity index (χ0) is 46.6. The number of carbonyl (C=O) groups is 1. The minimum absolute atomic E-state index is 0.0547. The molecule has 2 N–H and O–H groups in total. The van der Waals surface area contributed by atoms with Gasteiger partial charge in [0.1, 0.15) is 0 Å². The van der Waals surface area contributed by atoms with Crippen LogP contribution in [0.1, 0.15) is 96.9 Å². The van der Waals surface area contributed by atoms with Crippen molar-refractivity contribution in [3.8, 4) is 55.6 Å². The Hall–Kier alpha value is -7.57. The van der Waals surface area contributed by atoms with Gasteiger partial charge in [0, 0.05) is 57.3 Å². The zero-order valence-electron chi connectivity index (χ0n) is 39.8. The molecule has 6 heteroatoms. The molecule has 0 spiro atoms. The summed E-state index contributed by atoms with van der Waals surface area (Å²) in [6, 6.07) is 52.8. The van der Waals surface area contributed by atoms with Gasteiger partial charge in [-0.2, -0.15) is 0 Å². The molecule has 6 nitrogen and oxygen atoms in total. The fourth-order valence-corrected chi connectivity index (χ4v) is 11.4. The maximum absolute atomic E-state index is 12.7. The Labute approximate surface area is 398 Å². The molecule has 8 aromatic rings. The Morgan fingerprint density at radius 1 is 0.603 bits per heavy atom. The number of aromatic amines is 2.